The Labute approximate surface area is 112 Å². The summed E-state index contributed by atoms with van der Waals surface area (Å²) in [4.78, 5) is 11.9. The number of carboxylic acids is 1. The van der Waals surface area contributed by atoms with Gasteiger partial charge in [0.05, 0.1) is 10.6 Å². The number of aromatic nitrogens is 1. The second kappa shape index (κ2) is 4.20. The number of halogens is 1. The molecular weight excluding hydrogens is 265 g/mol. The lowest BCUT2D eigenvalue weighted by Crippen LogP contribution is -2.04. The van der Waals surface area contributed by atoms with Gasteiger partial charge in [0.15, 0.2) is 0 Å². The molecule has 0 spiro atoms. The van der Waals surface area contributed by atoms with E-state index in [-0.39, 0.29) is 11.5 Å². The van der Waals surface area contributed by atoms with Crippen molar-refractivity contribution in [1.29, 1.82) is 0 Å². The van der Waals surface area contributed by atoms with Crippen molar-refractivity contribution in [2.45, 2.75) is 0 Å². The van der Waals surface area contributed by atoms with Crippen molar-refractivity contribution in [2.75, 3.05) is 0 Å². The van der Waals surface area contributed by atoms with Crippen LogP contribution in [0.2, 0.25) is 0 Å². The van der Waals surface area contributed by atoms with Gasteiger partial charge in [-0.2, -0.15) is 0 Å². The third-order valence-corrected chi connectivity index (χ3v) is 4.20. The number of fused-ring (bicyclic) bond motifs is 1. The summed E-state index contributed by atoms with van der Waals surface area (Å²) in [6, 6.07) is 9.93. The maximum absolute atomic E-state index is 13.2. The van der Waals surface area contributed by atoms with Crippen LogP contribution in [-0.4, -0.2) is 15.6 Å². The van der Waals surface area contributed by atoms with Gasteiger partial charge < -0.3 is 9.67 Å². The Morgan fingerprint density at radius 2 is 2.05 bits per heavy atom. The van der Waals surface area contributed by atoms with Crippen LogP contribution in [0.3, 0.4) is 0 Å². The Morgan fingerprint density at radius 3 is 2.74 bits per heavy atom. The number of carbonyl (C=O) groups is 1. The molecule has 0 aliphatic rings. The van der Waals surface area contributed by atoms with Gasteiger partial charge in [-0.3, -0.25) is 0 Å². The largest absolute Gasteiger partial charge is 0.477 e. The highest BCUT2D eigenvalue weighted by molar-refractivity contribution is 7.22. The van der Waals surface area contributed by atoms with E-state index in [4.69, 9.17) is 5.11 Å². The number of rotatable bonds is 2. The Bertz CT molecular complexity index is 788. The van der Waals surface area contributed by atoms with Crippen LogP contribution in [0.5, 0.6) is 0 Å². The van der Waals surface area contributed by atoms with Gasteiger partial charge in [0.2, 0.25) is 0 Å². The van der Waals surface area contributed by atoms with E-state index in [2.05, 4.69) is 0 Å². The molecule has 3 aromatic rings. The normalized spacial score (nSPS) is 11.1. The molecule has 0 saturated heterocycles. The predicted molar refractivity (Wildman–Crippen MR) is 73.1 cm³/mol. The van der Waals surface area contributed by atoms with Gasteiger partial charge in [0.25, 0.3) is 0 Å². The maximum Gasteiger partial charge on any atom is 0.352 e. The Balaban J connectivity index is 2.16. The van der Waals surface area contributed by atoms with Crippen molar-refractivity contribution in [3.63, 3.8) is 0 Å². The van der Waals surface area contributed by atoms with Crippen LogP contribution >= 0.6 is 11.3 Å². The molecule has 96 valence electrons. The summed E-state index contributed by atoms with van der Waals surface area (Å²) in [5.74, 6) is -1.22. The molecule has 3 nitrogen and oxygen atoms in total. The van der Waals surface area contributed by atoms with E-state index in [1.165, 1.54) is 23.5 Å². The van der Waals surface area contributed by atoms with Crippen molar-refractivity contribution in [3.05, 3.63) is 47.9 Å². The zero-order valence-corrected chi connectivity index (χ0v) is 10.9. The van der Waals surface area contributed by atoms with Crippen LogP contribution in [0.1, 0.15) is 10.5 Å². The highest BCUT2D eigenvalue weighted by Gasteiger charge is 2.14. The minimum absolute atomic E-state index is 0.235. The van der Waals surface area contributed by atoms with Crippen molar-refractivity contribution in [1.82, 2.24) is 4.57 Å². The summed E-state index contributed by atoms with van der Waals surface area (Å²) in [7, 11) is 1.71. The fourth-order valence-electron chi connectivity index (χ4n) is 2.10. The number of carboxylic acid groups (broad SMARTS) is 1. The molecule has 19 heavy (non-hydrogen) atoms. The summed E-state index contributed by atoms with van der Waals surface area (Å²) in [5.41, 5.74) is 1.05. The lowest BCUT2D eigenvalue weighted by Gasteiger charge is -2.02. The molecule has 3 rings (SSSR count). The number of hydrogen-bond acceptors (Lipinski definition) is 2. The van der Waals surface area contributed by atoms with Crippen molar-refractivity contribution in [2.24, 2.45) is 7.05 Å². The SMILES string of the molecule is Cn1c(C(=O)O)ccc1-c1cc2ccc(F)cc2s1. The van der Waals surface area contributed by atoms with Crippen molar-refractivity contribution < 1.29 is 14.3 Å². The average Bonchev–Trinajstić information content (AvgIpc) is 2.91. The van der Waals surface area contributed by atoms with Crippen LogP contribution in [0.15, 0.2) is 36.4 Å². The van der Waals surface area contributed by atoms with E-state index in [0.29, 0.717) is 0 Å². The molecule has 0 bridgehead atoms. The minimum atomic E-state index is -0.957. The second-order valence-corrected chi connectivity index (χ2v) is 5.34. The van der Waals surface area contributed by atoms with E-state index in [1.807, 2.05) is 6.07 Å². The number of hydrogen-bond donors (Lipinski definition) is 1. The third kappa shape index (κ3) is 1.92. The van der Waals surface area contributed by atoms with Crippen molar-refractivity contribution in [3.8, 4) is 10.6 Å². The minimum Gasteiger partial charge on any atom is -0.477 e. The number of nitrogens with zero attached hydrogens (tertiary/aromatic N) is 1. The quantitative estimate of drug-likeness (QED) is 0.774. The van der Waals surface area contributed by atoms with Crippen molar-refractivity contribution >= 4 is 27.4 Å². The van der Waals surface area contributed by atoms with Gasteiger partial charge in [-0.05, 0) is 35.7 Å². The highest BCUT2D eigenvalue weighted by Crippen LogP contribution is 2.34. The summed E-state index contributed by atoms with van der Waals surface area (Å²) >= 11 is 1.45. The van der Waals surface area contributed by atoms with Gasteiger partial charge in [-0.1, -0.05) is 6.07 Å². The van der Waals surface area contributed by atoms with E-state index in [0.717, 1.165) is 20.7 Å². The Kier molecular flexibility index (Phi) is 2.64. The lowest BCUT2D eigenvalue weighted by molar-refractivity contribution is 0.0687. The van der Waals surface area contributed by atoms with Gasteiger partial charge in [-0.25, -0.2) is 9.18 Å². The van der Waals surface area contributed by atoms with Crippen LogP contribution in [-0.2, 0) is 7.05 Å². The molecule has 5 heteroatoms. The number of benzene rings is 1. The molecule has 2 heterocycles. The zero-order chi connectivity index (χ0) is 13.6. The van der Waals surface area contributed by atoms with Gasteiger partial charge in [-0.15, -0.1) is 11.3 Å². The monoisotopic (exact) mass is 275 g/mol. The molecule has 0 aliphatic heterocycles. The summed E-state index contributed by atoms with van der Waals surface area (Å²) in [6.07, 6.45) is 0. The summed E-state index contributed by atoms with van der Waals surface area (Å²) < 4.78 is 15.6. The smallest absolute Gasteiger partial charge is 0.352 e. The first-order chi connectivity index (χ1) is 9.06. The molecule has 0 amide bonds. The molecule has 0 fully saturated rings. The van der Waals surface area contributed by atoms with Crippen LogP contribution in [0.4, 0.5) is 4.39 Å². The first kappa shape index (κ1) is 11.9. The van der Waals surface area contributed by atoms with Crippen LogP contribution in [0.25, 0.3) is 20.7 Å². The predicted octanol–water partition coefficient (Wildman–Crippen LogP) is 3.74. The molecule has 1 N–H and O–H groups in total. The lowest BCUT2D eigenvalue weighted by atomic mass is 10.2. The standard InChI is InChI=1S/C14H10FNO2S/c1-16-10(4-5-11(16)14(17)18)13-6-8-2-3-9(15)7-12(8)19-13/h2-7H,1H3,(H,17,18). The maximum atomic E-state index is 13.2. The molecular formula is C14H10FNO2S. The zero-order valence-electron chi connectivity index (χ0n) is 10.1. The molecule has 1 aromatic carbocycles. The third-order valence-electron chi connectivity index (χ3n) is 3.08. The van der Waals surface area contributed by atoms with Gasteiger partial charge >= 0.3 is 5.97 Å². The molecule has 0 unspecified atom stereocenters. The number of aromatic carboxylic acids is 1. The summed E-state index contributed by atoms with van der Waals surface area (Å²) in [6.45, 7) is 0. The molecule has 0 aliphatic carbocycles. The van der Waals surface area contributed by atoms with E-state index < -0.39 is 5.97 Å². The topological polar surface area (TPSA) is 42.2 Å². The molecule has 0 atom stereocenters. The average molecular weight is 275 g/mol. The van der Waals surface area contributed by atoms with Gasteiger partial charge in [0.1, 0.15) is 11.5 Å². The number of thiophene rings is 1. The Morgan fingerprint density at radius 1 is 1.26 bits per heavy atom. The molecule has 0 saturated carbocycles. The second-order valence-electron chi connectivity index (χ2n) is 4.26. The fraction of sp³-hybridized carbons (Fsp3) is 0.0714. The van der Waals surface area contributed by atoms with Gasteiger partial charge in [0, 0.05) is 11.7 Å². The summed E-state index contributed by atoms with van der Waals surface area (Å²) in [5, 5.41) is 9.99. The fourth-order valence-corrected chi connectivity index (χ4v) is 3.25. The van der Waals surface area contributed by atoms with Crippen LogP contribution in [0, 0.1) is 5.82 Å². The highest BCUT2D eigenvalue weighted by atomic mass is 32.1. The first-order valence-electron chi connectivity index (χ1n) is 5.65. The molecule has 2 aromatic heterocycles. The van der Waals surface area contributed by atoms with E-state index in [1.54, 1.807) is 29.8 Å². The van der Waals surface area contributed by atoms with E-state index >= 15 is 0 Å². The first-order valence-corrected chi connectivity index (χ1v) is 6.46. The molecule has 0 radical (unpaired) electrons. The van der Waals surface area contributed by atoms with Crippen LogP contribution < -0.4 is 0 Å². The van der Waals surface area contributed by atoms with E-state index in [9.17, 15) is 9.18 Å². The Hall–Kier alpha value is -2.14.